The van der Waals surface area contributed by atoms with Gasteiger partial charge >= 0.3 is 11.9 Å². The highest BCUT2D eigenvalue weighted by molar-refractivity contribution is 5.87. The number of nitrogens with zero attached hydrogens (tertiary/aromatic N) is 1. The first kappa shape index (κ1) is 13.2. The number of para-hydroxylation sites is 2. The fraction of sp³-hybridized carbons (Fsp3) is 0.125. The van der Waals surface area contributed by atoms with Crippen LogP contribution >= 0.6 is 0 Å². The number of carboxylic acids is 1. The monoisotopic (exact) mass is 283 g/mol. The van der Waals surface area contributed by atoms with E-state index in [4.69, 9.17) is 9.84 Å². The van der Waals surface area contributed by atoms with Gasteiger partial charge < -0.3 is 14.7 Å². The lowest BCUT2D eigenvalue weighted by Gasteiger charge is -2.29. The third-order valence-electron chi connectivity index (χ3n) is 3.32. The molecule has 0 spiro atoms. The van der Waals surface area contributed by atoms with Crippen molar-refractivity contribution in [3.05, 3.63) is 59.7 Å². The molecule has 0 atom stereocenters. The van der Waals surface area contributed by atoms with E-state index in [1.54, 1.807) is 30.3 Å². The molecule has 0 saturated carbocycles. The molecule has 0 aliphatic carbocycles. The summed E-state index contributed by atoms with van der Waals surface area (Å²) >= 11 is 0. The van der Waals surface area contributed by atoms with Crippen LogP contribution in [0, 0.1) is 0 Å². The van der Waals surface area contributed by atoms with Gasteiger partial charge in [0.05, 0.1) is 11.3 Å². The van der Waals surface area contributed by atoms with Crippen LogP contribution in [0.25, 0.3) is 0 Å². The molecule has 0 amide bonds. The normalized spacial score (nSPS) is 13.5. The Balaban J connectivity index is 1.84. The first-order chi connectivity index (χ1) is 10.1. The highest BCUT2D eigenvalue weighted by Gasteiger charge is 2.23. The second-order valence-corrected chi connectivity index (χ2v) is 4.80. The minimum Gasteiger partial charge on any atom is -0.478 e. The lowest BCUT2D eigenvalue weighted by atomic mass is 10.1. The third kappa shape index (κ3) is 2.72. The average Bonchev–Trinajstić information content (AvgIpc) is 2.47. The van der Waals surface area contributed by atoms with E-state index in [2.05, 4.69) is 0 Å². The van der Waals surface area contributed by atoms with Gasteiger partial charge in [-0.15, -0.1) is 0 Å². The van der Waals surface area contributed by atoms with E-state index in [9.17, 15) is 9.59 Å². The van der Waals surface area contributed by atoms with Gasteiger partial charge in [-0.3, -0.25) is 0 Å². The Labute approximate surface area is 121 Å². The summed E-state index contributed by atoms with van der Waals surface area (Å²) in [7, 11) is 0. The summed E-state index contributed by atoms with van der Waals surface area (Å²) in [5.41, 5.74) is 2.04. The average molecular weight is 283 g/mol. The number of esters is 1. The molecular formula is C16H13NO4. The van der Waals surface area contributed by atoms with Crippen molar-refractivity contribution in [3.63, 3.8) is 0 Å². The Kier molecular flexibility index (Phi) is 3.31. The van der Waals surface area contributed by atoms with E-state index in [1.807, 2.05) is 23.1 Å². The van der Waals surface area contributed by atoms with Crippen molar-refractivity contribution < 1.29 is 19.4 Å². The van der Waals surface area contributed by atoms with Crippen LogP contribution in [-0.4, -0.2) is 23.6 Å². The number of carboxylic acid groups (broad SMARTS) is 1. The predicted octanol–water partition coefficient (Wildman–Crippen LogP) is 2.31. The van der Waals surface area contributed by atoms with E-state index in [0.717, 1.165) is 11.3 Å². The number of hydrogen-bond donors (Lipinski definition) is 1. The number of carbonyl (C=O) groups is 2. The first-order valence-corrected chi connectivity index (χ1v) is 6.50. The van der Waals surface area contributed by atoms with Crippen molar-refractivity contribution in [2.24, 2.45) is 0 Å². The van der Waals surface area contributed by atoms with Gasteiger partial charge in [0, 0.05) is 6.54 Å². The van der Waals surface area contributed by atoms with Crippen LogP contribution in [-0.2, 0) is 11.3 Å². The maximum absolute atomic E-state index is 11.6. The molecule has 5 heteroatoms. The minimum atomic E-state index is -0.951. The number of fused-ring (bicyclic) bond motifs is 1. The molecule has 1 N–H and O–H groups in total. The highest BCUT2D eigenvalue weighted by atomic mass is 16.5. The van der Waals surface area contributed by atoms with Crippen molar-refractivity contribution in [3.8, 4) is 5.75 Å². The van der Waals surface area contributed by atoms with Gasteiger partial charge in [0.1, 0.15) is 6.54 Å². The third-order valence-corrected chi connectivity index (χ3v) is 3.32. The Morgan fingerprint density at radius 2 is 1.86 bits per heavy atom. The number of anilines is 1. The van der Waals surface area contributed by atoms with E-state index in [-0.39, 0.29) is 18.1 Å². The van der Waals surface area contributed by atoms with Gasteiger partial charge in [0.2, 0.25) is 0 Å². The number of carbonyl (C=O) groups excluding carboxylic acids is 1. The fourth-order valence-electron chi connectivity index (χ4n) is 2.31. The molecule has 0 aromatic heterocycles. The largest absolute Gasteiger partial charge is 0.478 e. The second kappa shape index (κ2) is 5.28. The molecule has 2 aromatic rings. The lowest BCUT2D eigenvalue weighted by Crippen LogP contribution is -2.36. The zero-order valence-electron chi connectivity index (χ0n) is 11.2. The maximum Gasteiger partial charge on any atom is 0.335 e. The number of hydrogen-bond acceptors (Lipinski definition) is 4. The van der Waals surface area contributed by atoms with Crippen molar-refractivity contribution in [2.75, 3.05) is 11.4 Å². The Morgan fingerprint density at radius 1 is 1.14 bits per heavy atom. The van der Waals surface area contributed by atoms with Crippen LogP contribution in [0.5, 0.6) is 5.75 Å². The molecule has 0 saturated heterocycles. The number of aromatic carboxylic acids is 1. The zero-order chi connectivity index (χ0) is 14.8. The van der Waals surface area contributed by atoms with Gasteiger partial charge in [-0.2, -0.15) is 0 Å². The van der Waals surface area contributed by atoms with Gasteiger partial charge in [-0.05, 0) is 29.8 Å². The van der Waals surface area contributed by atoms with Crippen molar-refractivity contribution in [1.29, 1.82) is 0 Å². The number of rotatable bonds is 3. The van der Waals surface area contributed by atoms with Crippen LogP contribution in [0.2, 0.25) is 0 Å². The van der Waals surface area contributed by atoms with Crippen molar-refractivity contribution in [1.82, 2.24) is 0 Å². The highest BCUT2D eigenvalue weighted by Crippen LogP contribution is 2.32. The van der Waals surface area contributed by atoms with Crippen LogP contribution in [0.15, 0.2) is 48.5 Å². The predicted molar refractivity (Wildman–Crippen MR) is 76.5 cm³/mol. The summed E-state index contributed by atoms with van der Waals surface area (Å²) < 4.78 is 5.19. The van der Waals surface area contributed by atoms with E-state index in [0.29, 0.717) is 12.3 Å². The fourth-order valence-corrected chi connectivity index (χ4v) is 2.31. The molecular weight excluding hydrogens is 270 g/mol. The summed E-state index contributed by atoms with van der Waals surface area (Å²) in [5, 5.41) is 8.89. The van der Waals surface area contributed by atoms with Crippen LogP contribution in [0.1, 0.15) is 15.9 Å². The molecule has 1 heterocycles. The maximum atomic E-state index is 11.6. The number of ether oxygens (including phenoxy) is 1. The lowest BCUT2D eigenvalue weighted by molar-refractivity contribution is -0.133. The Morgan fingerprint density at radius 3 is 2.57 bits per heavy atom. The molecule has 0 radical (unpaired) electrons. The summed E-state index contributed by atoms with van der Waals surface area (Å²) in [5.74, 6) is -0.694. The molecule has 3 rings (SSSR count). The smallest absolute Gasteiger partial charge is 0.335 e. The molecule has 5 nitrogen and oxygen atoms in total. The Hall–Kier alpha value is -2.82. The number of benzene rings is 2. The summed E-state index contributed by atoms with van der Waals surface area (Å²) in [6, 6.07) is 14.0. The van der Waals surface area contributed by atoms with E-state index >= 15 is 0 Å². The molecule has 106 valence electrons. The molecule has 0 bridgehead atoms. The molecule has 2 aromatic carbocycles. The van der Waals surface area contributed by atoms with Gasteiger partial charge in [0.15, 0.2) is 5.75 Å². The SMILES string of the molecule is O=C1CN(Cc2ccc(C(=O)O)cc2)c2ccccc2O1. The zero-order valence-corrected chi connectivity index (χ0v) is 11.2. The standard InChI is InChI=1S/C16H13NO4/c18-15-10-17(13-3-1-2-4-14(13)21-15)9-11-5-7-12(8-6-11)16(19)20/h1-8H,9-10H2,(H,19,20). The molecule has 0 fully saturated rings. The topological polar surface area (TPSA) is 66.8 Å². The second-order valence-electron chi connectivity index (χ2n) is 4.80. The van der Waals surface area contributed by atoms with Crippen LogP contribution in [0.3, 0.4) is 0 Å². The first-order valence-electron chi connectivity index (χ1n) is 6.50. The quantitative estimate of drug-likeness (QED) is 0.691. The minimum absolute atomic E-state index is 0.178. The Bertz CT molecular complexity index is 694. The summed E-state index contributed by atoms with van der Waals surface area (Å²) in [4.78, 5) is 24.4. The summed E-state index contributed by atoms with van der Waals surface area (Å²) in [6.07, 6.45) is 0. The molecule has 1 aliphatic heterocycles. The van der Waals surface area contributed by atoms with E-state index in [1.165, 1.54) is 0 Å². The van der Waals surface area contributed by atoms with Gasteiger partial charge in [-0.1, -0.05) is 24.3 Å². The van der Waals surface area contributed by atoms with Crippen molar-refractivity contribution >= 4 is 17.6 Å². The van der Waals surface area contributed by atoms with Gasteiger partial charge in [0.25, 0.3) is 0 Å². The molecule has 21 heavy (non-hydrogen) atoms. The van der Waals surface area contributed by atoms with E-state index < -0.39 is 5.97 Å². The summed E-state index contributed by atoms with van der Waals surface area (Å²) in [6.45, 7) is 0.698. The molecule has 0 unspecified atom stereocenters. The van der Waals surface area contributed by atoms with Crippen LogP contribution < -0.4 is 9.64 Å². The van der Waals surface area contributed by atoms with Crippen molar-refractivity contribution in [2.45, 2.75) is 6.54 Å². The van der Waals surface area contributed by atoms with Crippen LogP contribution in [0.4, 0.5) is 5.69 Å². The molecule has 1 aliphatic rings. The van der Waals surface area contributed by atoms with Gasteiger partial charge in [-0.25, -0.2) is 9.59 Å².